The smallest absolute Gasteiger partial charge is 0.134 e. The normalized spacial score (nSPS) is 12.8. The maximum Gasteiger partial charge on any atom is 0.134 e. The molecule has 96 valence electrons. The summed E-state index contributed by atoms with van der Waals surface area (Å²) in [7, 11) is 0. The van der Waals surface area contributed by atoms with Crippen LogP contribution in [0.15, 0.2) is 41.1 Å². The molecule has 0 amide bonds. The molecular formula is C15H15N3O. The molecule has 0 saturated heterocycles. The van der Waals surface area contributed by atoms with Crippen LogP contribution in [0.2, 0.25) is 0 Å². The van der Waals surface area contributed by atoms with Gasteiger partial charge in [-0.3, -0.25) is 9.97 Å². The van der Waals surface area contributed by atoms with Gasteiger partial charge in [-0.25, -0.2) is 0 Å². The van der Waals surface area contributed by atoms with E-state index in [1.165, 1.54) is 5.56 Å². The first-order valence-corrected chi connectivity index (χ1v) is 6.18. The zero-order valence-electron chi connectivity index (χ0n) is 10.9. The Morgan fingerprint density at radius 3 is 2.68 bits per heavy atom. The highest BCUT2D eigenvalue weighted by atomic mass is 16.3. The summed E-state index contributed by atoms with van der Waals surface area (Å²) in [4.78, 5) is 8.50. The minimum Gasteiger partial charge on any atom is -0.459 e. The molecule has 0 spiro atoms. The Morgan fingerprint density at radius 2 is 1.95 bits per heavy atom. The summed E-state index contributed by atoms with van der Waals surface area (Å²) in [5.74, 6) is 0.707. The molecule has 19 heavy (non-hydrogen) atoms. The summed E-state index contributed by atoms with van der Waals surface area (Å²) < 4.78 is 5.78. The highest BCUT2D eigenvalue weighted by Crippen LogP contribution is 2.26. The van der Waals surface area contributed by atoms with Crippen molar-refractivity contribution in [2.24, 2.45) is 5.73 Å². The molecule has 3 aromatic rings. The van der Waals surface area contributed by atoms with Crippen molar-refractivity contribution in [3.05, 3.63) is 59.4 Å². The maximum atomic E-state index is 6.17. The number of rotatable bonds is 2. The van der Waals surface area contributed by atoms with Crippen molar-refractivity contribution in [1.29, 1.82) is 0 Å². The van der Waals surface area contributed by atoms with Crippen LogP contribution in [-0.2, 0) is 0 Å². The Bertz CT molecular complexity index is 716. The third-order valence-corrected chi connectivity index (χ3v) is 3.12. The molecule has 0 aliphatic carbocycles. The zero-order chi connectivity index (χ0) is 13.4. The van der Waals surface area contributed by atoms with Gasteiger partial charge in [-0.15, -0.1) is 0 Å². The number of benzene rings is 1. The van der Waals surface area contributed by atoms with E-state index < -0.39 is 0 Å². The number of aromatic nitrogens is 2. The first-order valence-electron chi connectivity index (χ1n) is 6.18. The molecule has 0 saturated carbocycles. The summed E-state index contributed by atoms with van der Waals surface area (Å²) in [6.07, 6.45) is 3.40. The second-order valence-corrected chi connectivity index (χ2v) is 4.75. The number of aryl methyl sites for hydroxylation is 2. The Labute approximate surface area is 111 Å². The number of hydrogen-bond acceptors (Lipinski definition) is 4. The van der Waals surface area contributed by atoms with Crippen molar-refractivity contribution in [3.8, 4) is 0 Å². The van der Waals surface area contributed by atoms with Crippen LogP contribution in [-0.4, -0.2) is 9.97 Å². The van der Waals surface area contributed by atoms with Crippen molar-refractivity contribution in [3.63, 3.8) is 0 Å². The lowest BCUT2D eigenvalue weighted by molar-refractivity contribution is 0.520. The molecule has 1 unspecified atom stereocenters. The number of hydrogen-bond donors (Lipinski definition) is 1. The van der Waals surface area contributed by atoms with Crippen LogP contribution in [0.25, 0.3) is 11.0 Å². The van der Waals surface area contributed by atoms with E-state index in [0.717, 1.165) is 16.7 Å². The van der Waals surface area contributed by atoms with Gasteiger partial charge in [-0.2, -0.15) is 0 Å². The third-order valence-electron chi connectivity index (χ3n) is 3.12. The van der Waals surface area contributed by atoms with Gasteiger partial charge in [0, 0.05) is 11.6 Å². The summed E-state index contributed by atoms with van der Waals surface area (Å²) in [5, 5.41) is 1.06. The number of furan rings is 1. The van der Waals surface area contributed by atoms with Crippen LogP contribution >= 0.6 is 0 Å². The Hall–Kier alpha value is -2.20. The first kappa shape index (κ1) is 11.9. The lowest BCUT2D eigenvalue weighted by atomic mass is 10.1. The molecule has 1 atom stereocenters. The predicted molar refractivity (Wildman–Crippen MR) is 73.8 cm³/mol. The number of nitrogens with two attached hydrogens (primary N) is 1. The quantitative estimate of drug-likeness (QED) is 0.762. The molecule has 0 bridgehead atoms. The summed E-state index contributed by atoms with van der Waals surface area (Å²) >= 11 is 0. The van der Waals surface area contributed by atoms with Crippen molar-refractivity contribution < 1.29 is 4.42 Å². The Balaban J connectivity index is 2.01. The molecule has 0 aliphatic rings. The highest BCUT2D eigenvalue weighted by molar-refractivity contribution is 5.78. The van der Waals surface area contributed by atoms with E-state index in [4.69, 9.17) is 10.2 Å². The average molecular weight is 253 g/mol. The molecule has 2 N–H and O–H groups in total. The standard InChI is InChI=1S/C15H15N3O/c1-9-3-4-13-11(5-9)6-14(19-13)15(16)12-8-17-10(2)7-18-12/h3-8,15H,16H2,1-2H3. The molecule has 0 fully saturated rings. The van der Waals surface area contributed by atoms with E-state index in [1.807, 2.05) is 25.1 Å². The van der Waals surface area contributed by atoms with E-state index in [0.29, 0.717) is 11.5 Å². The maximum absolute atomic E-state index is 6.17. The summed E-state index contributed by atoms with van der Waals surface area (Å²) in [6.45, 7) is 3.95. The predicted octanol–water partition coefficient (Wildman–Crippen LogP) is 2.89. The van der Waals surface area contributed by atoms with Gasteiger partial charge in [-0.1, -0.05) is 11.6 Å². The van der Waals surface area contributed by atoms with Crippen molar-refractivity contribution in [2.75, 3.05) is 0 Å². The Morgan fingerprint density at radius 1 is 1.11 bits per heavy atom. The van der Waals surface area contributed by atoms with Crippen molar-refractivity contribution in [2.45, 2.75) is 19.9 Å². The van der Waals surface area contributed by atoms with Crippen LogP contribution in [0.1, 0.15) is 28.8 Å². The molecule has 1 aromatic carbocycles. The van der Waals surface area contributed by atoms with Gasteiger partial charge in [0.2, 0.25) is 0 Å². The number of nitrogens with zero attached hydrogens (tertiary/aromatic N) is 2. The number of fused-ring (bicyclic) bond motifs is 1. The second kappa shape index (κ2) is 4.48. The van der Waals surface area contributed by atoms with Crippen LogP contribution in [0.4, 0.5) is 0 Å². The van der Waals surface area contributed by atoms with E-state index >= 15 is 0 Å². The van der Waals surface area contributed by atoms with E-state index in [1.54, 1.807) is 12.4 Å². The highest BCUT2D eigenvalue weighted by Gasteiger charge is 2.15. The molecule has 0 radical (unpaired) electrons. The van der Waals surface area contributed by atoms with Crippen molar-refractivity contribution in [1.82, 2.24) is 9.97 Å². The SMILES string of the molecule is Cc1ccc2oc(C(N)c3cnc(C)cn3)cc2c1. The van der Waals surface area contributed by atoms with Crippen molar-refractivity contribution >= 4 is 11.0 Å². The lowest BCUT2D eigenvalue weighted by Gasteiger charge is -2.07. The fourth-order valence-corrected chi connectivity index (χ4v) is 2.05. The minimum atomic E-state index is -0.388. The van der Waals surface area contributed by atoms with E-state index in [2.05, 4.69) is 23.0 Å². The molecule has 2 heterocycles. The minimum absolute atomic E-state index is 0.388. The fourth-order valence-electron chi connectivity index (χ4n) is 2.05. The molecular weight excluding hydrogens is 238 g/mol. The van der Waals surface area contributed by atoms with Gasteiger partial charge < -0.3 is 10.2 Å². The zero-order valence-corrected chi connectivity index (χ0v) is 10.9. The van der Waals surface area contributed by atoms with Crippen LogP contribution in [0.5, 0.6) is 0 Å². The molecule has 4 heteroatoms. The average Bonchev–Trinajstić information content (AvgIpc) is 2.81. The van der Waals surface area contributed by atoms with E-state index in [9.17, 15) is 0 Å². The van der Waals surface area contributed by atoms with Gasteiger partial charge >= 0.3 is 0 Å². The van der Waals surface area contributed by atoms with Crippen LogP contribution in [0, 0.1) is 13.8 Å². The van der Waals surface area contributed by atoms with Gasteiger partial charge in [0.25, 0.3) is 0 Å². The topological polar surface area (TPSA) is 64.9 Å². The van der Waals surface area contributed by atoms with Gasteiger partial charge in [0.1, 0.15) is 17.4 Å². The van der Waals surface area contributed by atoms with Gasteiger partial charge in [-0.05, 0) is 32.0 Å². The first-order chi connectivity index (χ1) is 9.13. The summed E-state index contributed by atoms with van der Waals surface area (Å²) in [5.41, 5.74) is 9.79. The second-order valence-electron chi connectivity index (χ2n) is 4.75. The summed E-state index contributed by atoms with van der Waals surface area (Å²) in [6, 6.07) is 7.64. The molecule has 2 aromatic heterocycles. The van der Waals surface area contributed by atoms with Crippen LogP contribution < -0.4 is 5.73 Å². The van der Waals surface area contributed by atoms with Gasteiger partial charge in [0.15, 0.2) is 0 Å². The Kier molecular flexibility index (Phi) is 2.80. The molecule has 0 aliphatic heterocycles. The largest absolute Gasteiger partial charge is 0.459 e. The van der Waals surface area contributed by atoms with Crippen LogP contribution in [0.3, 0.4) is 0 Å². The monoisotopic (exact) mass is 253 g/mol. The lowest BCUT2D eigenvalue weighted by Crippen LogP contribution is -2.13. The molecule has 3 rings (SSSR count). The van der Waals surface area contributed by atoms with E-state index in [-0.39, 0.29) is 6.04 Å². The molecule has 4 nitrogen and oxygen atoms in total. The van der Waals surface area contributed by atoms with Gasteiger partial charge in [0.05, 0.1) is 17.6 Å². The fraction of sp³-hybridized carbons (Fsp3) is 0.200. The third kappa shape index (κ3) is 2.22.